The maximum Gasteiger partial charge on any atom is 0.308 e. The maximum atomic E-state index is 14.1. The van der Waals surface area contributed by atoms with Crippen LogP contribution >= 0.6 is 0 Å². The van der Waals surface area contributed by atoms with E-state index >= 15 is 0 Å². The Kier molecular flexibility index (Phi) is 4.02. The summed E-state index contributed by atoms with van der Waals surface area (Å²) in [6, 6.07) is 9.89. The third-order valence-electron chi connectivity index (χ3n) is 4.70. The lowest BCUT2D eigenvalue weighted by molar-refractivity contribution is -0.142. The Morgan fingerprint density at radius 2 is 2.00 bits per heavy atom. The molecule has 3 aromatic rings. The highest BCUT2D eigenvalue weighted by Crippen LogP contribution is 2.27. The van der Waals surface area contributed by atoms with E-state index in [0.717, 1.165) is 6.54 Å². The largest absolute Gasteiger partial charge is 0.481 e. The van der Waals surface area contributed by atoms with Crippen LogP contribution in [0.4, 0.5) is 10.2 Å². The zero-order chi connectivity index (χ0) is 18.3. The quantitative estimate of drug-likeness (QED) is 0.777. The van der Waals surface area contributed by atoms with Crippen LogP contribution in [0.25, 0.3) is 17.0 Å². The standard InChI is InChI=1S/C18H18FN5O2/c1-11-8-12(18(25)26)10-23(9-11)16-7-6-15-20-21-17(24(15)22-16)13-4-2-3-5-14(13)19/h2-7,11-12H,8-10H2,1H3,(H,25,26). The minimum Gasteiger partial charge on any atom is -0.481 e. The van der Waals surface area contributed by atoms with Gasteiger partial charge in [-0.15, -0.1) is 15.3 Å². The van der Waals surface area contributed by atoms with Crippen LogP contribution in [0.5, 0.6) is 0 Å². The fourth-order valence-corrected chi connectivity index (χ4v) is 3.48. The fourth-order valence-electron chi connectivity index (χ4n) is 3.48. The molecule has 8 heteroatoms. The maximum absolute atomic E-state index is 14.1. The molecule has 0 spiro atoms. The van der Waals surface area contributed by atoms with Crippen LogP contribution in [-0.4, -0.2) is 44.0 Å². The first kappa shape index (κ1) is 16.4. The van der Waals surface area contributed by atoms with E-state index in [1.165, 1.54) is 10.6 Å². The lowest BCUT2D eigenvalue weighted by atomic mass is 9.90. The second kappa shape index (κ2) is 6.36. The highest BCUT2D eigenvalue weighted by Gasteiger charge is 2.30. The molecule has 0 amide bonds. The third kappa shape index (κ3) is 2.87. The summed E-state index contributed by atoms with van der Waals surface area (Å²) in [6.07, 6.45) is 0.654. The molecule has 134 valence electrons. The number of fused-ring (bicyclic) bond motifs is 1. The van der Waals surface area contributed by atoms with E-state index in [2.05, 4.69) is 15.3 Å². The fraction of sp³-hybridized carbons (Fsp3) is 0.333. The molecule has 4 rings (SSSR count). The second-order valence-corrected chi connectivity index (χ2v) is 6.75. The van der Waals surface area contributed by atoms with E-state index in [1.807, 2.05) is 11.8 Å². The normalized spacial score (nSPS) is 20.5. The van der Waals surface area contributed by atoms with Crippen molar-refractivity contribution in [1.29, 1.82) is 0 Å². The van der Waals surface area contributed by atoms with Crippen molar-refractivity contribution >= 4 is 17.4 Å². The topological polar surface area (TPSA) is 83.6 Å². The van der Waals surface area contributed by atoms with Crippen molar-refractivity contribution in [3.8, 4) is 11.4 Å². The molecule has 1 fully saturated rings. The van der Waals surface area contributed by atoms with Gasteiger partial charge < -0.3 is 10.0 Å². The molecule has 1 aliphatic rings. The smallest absolute Gasteiger partial charge is 0.308 e. The first-order chi connectivity index (χ1) is 12.5. The van der Waals surface area contributed by atoms with Gasteiger partial charge in [0.15, 0.2) is 11.5 Å². The average Bonchev–Trinajstić information content (AvgIpc) is 3.04. The Morgan fingerprint density at radius 1 is 1.19 bits per heavy atom. The number of benzene rings is 1. The molecule has 2 unspecified atom stereocenters. The third-order valence-corrected chi connectivity index (χ3v) is 4.70. The summed E-state index contributed by atoms with van der Waals surface area (Å²) in [5, 5.41) is 22.1. The number of carboxylic acids is 1. The molecule has 0 bridgehead atoms. The van der Waals surface area contributed by atoms with E-state index in [4.69, 9.17) is 0 Å². The summed E-state index contributed by atoms with van der Waals surface area (Å²) in [5.74, 6) is -0.421. The number of carboxylic acid groups (broad SMARTS) is 1. The number of nitrogens with zero attached hydrogens (tertiary/aromatic N) is 5. The Morgan fingerprint density at radius 3 is 2.77 bits per heavy atom. The van der Waals surface area contributed by atoms with Gasteiger partial charge in [0.2, 0.25) is 0 Å². The van der Waals surface area contributed by atoms with E-state index in [9.17, 15) is 14.3 Å². The van der Waals surface area contributed by atoms with Crippen LogP contribution in [0.15, 0.2) is 36.4 Å². The Bertz CT molecular complexity index is 973. The summed E-state index contributed by atoms with van der Waals surface area (Å²) in [5.41, 5.74) is 0.826. The number of hydrogen-bond acceptors (Lipinski definition) is 5. The predicted octanol–water partition coefficient (Wildman–Crippen LogP) is 2.48. The van der Waals surface area contributed by atoms with Crippen LogP contribution < -0.4 is 4.90 Å². The number of piperidine rings is 1. The van der Waals surface area contributed by atoms with Gasteiger partial charge in [-0.3, -0.25) is 4.79 Å². The molecule has 1 aromatic carbocycles. The number of carbonyl (C=O) groups is 1. The number of aliphatic carboxylic acids is 1. The summed E-state index contributed by atoms with van der Waals surface area (Å²) in [6.45, 7) is 3.15. The number of aromatic nitrogens is 4. The molecular formula is C18H18FN5O2. The van der Waals surface area contributed by atoms with Crippen molar-refractivity contribution in [2.75, 3.05) is 18.0 Å². The SMILES string of the molecule is CC1CC(C(=O)O)CN(c2ccc3nnc(-c4ccccc4F)n3n2)C1. The van der Waals surface area contributed by atoms with Crippen molar-refractivity contribution < 1.29 is 14.3 Å². The van der Waals surface area contributed by atoms with Gasteiger partial charge in [0.1, 0.15) is 11.6 Å². The summed E-state index contributed by atoms with van der Waals surface area (Å²) < 4.78 is 15.6. The zero-order valence-electron chi connectivity index (χ0n) is 14.2. The van der Waals surface area contributed by atoms with Crippen molar-refractivity contribution in [2.45, 2.75) is 13.3 Å². The Labute approximate surface area is 149 Å². The van der Waals surface area contributed by atoms with E-state index in [0.29, 0.717) is 35.8 Å². The molecule has 0 saturated carbocycles. The molecule has 7 nitrogen and oxygen atoms in total. The van der Waals surface area contributed by atoms with Crippen LogP contribution in [0.2, 0.25) is 0 Å². The number of anilines is 1. The van der Waals surface area contributed by atoms with Crippen molar-refractivity contribution in [3.63, 3.8) is 0 Å². The van der Waals surface area contributed by atoms with Crippen molar-refractivity contribution in [3.05, 3.63) is 42.2 Å². The minimum atomic E-state index is -0.793. The lowest BCUT2D eigenvalue weighted by Gasteiger charge is -2.35. The summed E-state index contributed by atoms with van der Waals surface area (Å²) in [4.78, 5) is 13.4. The van der Waals surface area contributed by atoms with Gasteiger partial charge in [-0.25, -0.2) is 4.39 Å². The first-order valence-electron chi connectivity index (χ1n) is 8.48. The molecular weight excluding hydrogens is 337 g/mol. The van der Waals surface area contributed by atoms with Crippen molar-refractivity contribution in [1.82, 2.24) is 19.8 Å². The monoisotopic (exact) mass is 355 g/mol. The molecule has 1 N–H and O–H groups in total. The minimum absolute atomic E-state index is 0.245. The number of rotatable bonds is 3. The second-order valence-electron chi connectivity index (χ2n) is 6.75. The van der Waals surface area contributed by atoms with Gasteiger partial charge in [0.05, 0.1) is 11.5 Å². The number of hydrogen-bond donors (Lipinski definition) is 1. The van der Waals surface area contributed by atoms with Crippen LogP contribution in [0, 0.1) is 17.7 Å². The highest BCUT2D eigenvalue weighted by atomic mass is 19.1. The molecule has 2 aromatic heterocycles. The van der Waals surface area contributed by atoms with Gasteiger partial charge in [0.25, 0.3) is 0 Å². The zero-order valence-corrected chi connectivity index (χ0v) is 14.2. The molecule has 26 heavy (non-hydrogen) atoms. The molecule has 2 atom stereocenters. The van der Waals surface area contributed by atoms with Gasteiger partial charge in [-0.05, 0) is 36.6 Å². The molecule has 3 heterocycles. The van der Waals surface area contributed by atoms with Crippen LogP contribution in [-0.2, 0) is 4.79 Å². The lowest BCUT2D eigenvalue weighted by Crippen LogP contribution is -2.43. The van der Waals surface area contributed by atoms with Gasteiger partial charge in [0, 0.05) is 13.1 Å². The molecule has 0 aliphatic carbocycles. The first-order valence-corrected chi connectivity index (χ1v) is 8.48. The van der Waals surface area contributed by atoms with E-state index in [1.54, 1.807) is 30.3 Å². The summed E-state index contributed by atoms with van der Waals surface area (Å²) >= 11 is 0. The Hall–Kier alpha value is -3.03. The van der Waals surface area contributed by atoms with E-state index < -0.39 is 17.7 Å². The predicted molar refractivity (Wildman–Crippen MR) is 93.3 cm³/mol. The molecule has 1 aliphatic heterocycles. The van der Waals surface area contributed by atoms with Gasteiger partial charge in [-0.1, -0.05) is 19.1 Å². The van der Waals surface area contributed by atoms with E-state index in [-0.39, 0.29) is 5.92 Å². The average molecular weight is 355 g/mol. The van der Waals surface area contributed by atoms with Crippen molar-refractivity contribution in [2.24, 2.45) is 11.8 Å². The molecule has 0 radical (unpaired) electrons. The van der Waals surface area contributed by atoms with Crippen LogP contribution in [0.1, 0.15) is 13.3 Å². The van der Waals surface area contributed by atoms with Gasteiger partial charge >= 0.3 is 5.97 Å². The summed E-state index contributed by atoms with van der Waals surface area (Å²) in [7, 11) is 0. The Balaban J connectivity index is 1.75. The van der Waals surface area contributed by atoms with Crippen LogP contribution in [0.3, 0.4) is 0 Å². The molecule has 1 saturated heterocycles. The highest BCUT2D eigenvalue weighted by molar-refractivity contribution is 5.71. The van der Waals surface area contributed by atoms with Gasteiger partial charge in [-0.2, -0.15) is 4.52 Å². The number of halogens is 1.